The maximum atomic E-state index is 4.54. The molecule has 2 rings (SSSR count). The Morgan fingerprint density at radius 3 is 2.35 bits per heavy atom. The summed E-state index contributed by atoms with van der Waals surface area (Å²) in [4.78, 5) is 13.2. The molecule has 0 spiro atoms. The fourth-order valence-corrected chi connectivity index (χ4v) is 1.82. The van der Waals surface area contributed by atoms with Gasteiger partial charge < -0.3 is 0 Å². The van der Waals surface area contributed by atoms with Crippen LogP contribution in [0.4, 0.5) is 0 Å². The molecule has 0 amide bonds. The van der Waals surface area contributed by atoms with E-state index >= 15 is 0 Å². The van der Waals surface area contributed by atoms with Gasteiger partial charge >= 0.3 is 0 Å². The first-order chi connectivity index (χ1) is 7.89. The number of fused-ring (bicyclic) bond motifs is 1. The summed E-state index contributed by atoms with van der Waals surface area (Å²) >= 11 is 0. The van der Waals surface area contributed by atoms with Gasteiger partial charge in [-0.3, -0.25) is 4.98 Å². The van der Waals surface area contributed by atoms with Crippen molar-refractivity contribution in [3.63, 3.8) is 0 Å². The van der Waals surface area contributed by atoms with Gasteiger partial charge in [0.15, 0.2) is 0 Å². The van der Waals surface area contributed by atoms with Crippen LogP contribution in [0.15, 0.2) is 18.6 Å². The monoisotopic (exact) mass is 229 g/mol. The molecule has 0 aromatic carbocycles. The standard InChI is InChI=1S/C14H19N3/c1-9(2)10-6-11-12(15-7-10)13(14(3,4)5)17-8-16-11/h6-9H,1-5H3. The van der Waals surface area contributed by atoms with Gasteiger partial charge in [0.25, 0.3) is 0 Å². The summed E-state index contributed by atoms with van der Waals surface area (Å²) < 4.78 is 0. The first kappa shape index (κ1) is 12.0. The highest BCUT2D eigenvalue weighted by Crippen LogP contribution is 2.26. The Balaban J connectivity index is 2.67. The summed E-state index contributed by atoms with van der Waals surface area (Å²) in [5, 5.41) is 0. The van der Waals surface area contributed by atoms with Crippen LogP contribution in [-0.2, 0) is 5.41 Å². The smallest absolute Gasteiger partial charge is 0.116 e. The van der Waals surface area contributed by atoms with Crippen LogP contribution in [0.5, 0.6) is 0 Å². The number of aromatic nitrogens is 3. The van der Waals surface area contributed by atoms with Crippen molar-refractivity contribution >= 4 is 11.0 Å². The zero-order chi connectivity index (χ0) is 12.6. The van der Waals surface area contributed by atoms with Crippen molar-refractivity contribution in [1.82, 2.24) is 15.0 Å². The second kappa shape index (κ2) is 4.06. The van der Waals surface area contributed by atoms with Gasteiger partial charge in [-0.1, -0.05) is 34.6 Å². The lowest BCUT2D eigenvalue weighted by atomic mass is 9.90. The Bertz CT molecular complexity index is 539. The minimum absolute atomic E-state index is 0.00641. The van der Waals surface area contributed by atoms with Crippen molar-refractivity contribution in [1.29, 1.82) is 0 Å². The van der Waals surface area contributed by atoms with Gasteiger partial charge in [-0.2, -0.15) is 0 Å². The van der Waals surface area contributed by atoms with E-state index in [1.807, 2.05) is 6.20 Å². The third-order valence-electron chi connectivity index (χ3n) is 2.87. The van der Waals surface area contributed by atoms with Crippen LogP contribution in [0, 0.1) is 0 Å². The minimum atomic E-state index is -0.00641. The highest BCUT2D eigenvalue weighted by molar-refractivity contribution is 5.77. The van der Waals surface area contributed by atoms with Gasteiger partial charge in [0.2, 0.25) is 0 Å². The Kier molecular flexibility index (Phi) is 2.86. The molecule has 0 aliphatic rings. The molecule has 3 nitrogen and oxygen atoms in total. The minimum Gasteiger partial charge on any atom is -0.252 e. The number of hydrogen-bond acceptors (Lipinski definition) is 3. The molecule has 0 saturated carbocycles. The highest BCUT2D eigenvalue weighted by atomic mass is 14.9. The topological polar surface area (TPSA) is 38.7 Å². The first-order valence-corrected chi connectivity index (χ1v) is 6.00. The van der Waals surface area contributed by atoms with E-state index in [2.05, 4.69) is 55.6 Å². The maximum absolute atomic E-state index is 4.54. The zero-order valence-corrected chi connectivity index (χ0v) is 11.2. The van der Waals surface area contributed by atoms with E-state index < -0.39 is 0 Å². The average molecular weight is 229 g/mol. The number of rotatable bonds is 1. The van der Waals surface area contributed by atoms with Crippen molar-refractivity contribution in [3.05, 3.63) is 29.8 Å². The quantitative estimate of drug-likeness (QED) is 0.751. The van der Waals surface area contributed by atoms with E-state index in [1.54, 1.807) is 6.33 Å². The number of pyridine rings is 1. The molecule has 0 atom stereocenters. The third-order valence-corrected chi connectivity index (χ3v) is 2.87. The fraction of sp³-hybridized carbons (Fsp3) is 0.500. The summed E-state index contributed by atoms with van der Waals surface area (Å²) in [5.74, 6) is 0.472. The predicted molar refractivity (Wildman–Crippen MR) is 70.1 cm³/mol. The van der Waals surface area contributed by atoms with Crippen LogP contribution in [-0.4, -0.2) is 15.0 Å². The molecule has 0 saturated heterocycles. The van der Waals surface area contributed by atoms with E-state index in [0.29, 0.717) is 5.92 Å². The van der Waals surface area contributed by atoms with Gasteiger partial charge in [-0.25, -0.2) is 9.97 Å². The maximum Gasteiger partial charge on any atom is 0.116 e. The molecule has 0 fully saturated rings. The normalized spacial score (nSPS) is 12.4. The molecule has 17 heavy (non-hydrogen) atoms. The molecule has 3 heteroatoms. The largest absolute Gasteiger partial charge is 0.252 e. The summed E-state index contributed by atoms with van der Waals surface area (Å²) in [6.07, 6.45) is 3.57. The summed E-state index contributed by atoms with van der Waals surface area (Å²) in [6, 6.07) is 2.11. The molecule has 2 heterocycles. The van der Waals surface area contributed by atoms with E-state index in [4.69, 9.17) is 0 Å². The van der Waals surface area contributed by atoms with Crippen molar-refractivity contribution < 1.29 is 0 Å². The van der Waals surface area contributed by atoms with Crippen LogP contribution in [0.25, 0.3) is 11.0 Å². The van der Waals surface area contributed by atoms with Gasteiger partial charge in [-0.15, -0.1) is 0 Å². The van der Waals surface area contributed by atoms with Crippen LogP contribution >= 0.6 is 0 Å². The molecule has 0 radical (unpaired) electrons. The Hall–Kier alpha value is -1.51. The Labute approximate surface area is 102 Å². The number of hydrogen-bond donors (Lipinski definition) is 0. The van der Waals surface area contributed by atoms with Crippen molar-refractivity contribution in [2.24, 2.45) is 0 Å². The van der Waals surface area contributed by atoms with Gasteiger partial charge in [-0.05, 0) is 17.5 Å². The van der Waals surface area contributed by atoms with E-state index in [1.165, 1.54) is 5.56 Å². The van der Waals surface area contributed by atoms with Crippen LogP contribution in [0.3, 0.4) is 0 Å². The summed E-state index contributed by atoms with van der Waals surface area (Å²) in [7, 11) is 0. The molecular formula is C14H19N3. The molecule has 90 valence electrons. The highest BCUT2D eigenvalue weighted by Gasteiger charge is 2.20. The number of nitrogens with zero attached hydrogens (tertiary/aromatic N) is 3. The summed E-state index contributed by atoms with van der Waals surface area (Å²) in [5.41, 5.74) is 4.09. The van der Waals surface area contributed by atoms with Crippen molar-refractivity contribution in [2.75, 3.05) is 0 Å². The van der Waals surface area contributed by atoms with Gasteiger partial charge in [0.1, 0.15) is 11.8 Å². The first-order valence-electron chi connectivity index (χ1n) is 6.00. The molecule has 0 aliphatic carbocycles. The Morgan fingerprint density at radius 1 is 1.06 bits per heavy atom. The SMILES string of the molecule is CC(C)c1cnc2c(C(C)(C)C)ncnc2c1. The molecule has 0 bridgehead atoms. The van der Waals surface area contributed by atoms with E-state index in [0.717, 1.165) is 16.7 Å². The molecular weight excluding hydrogens is 210 g/mol. The van der Waals surface area contributed by atoms with Crippen molar-refractivity contribution in [2.45, 2.75) is 46.0 Å². The lowest BCUT2D eigenvalue weighted by Crippen LogP contribution is -2.15. The van der Waals surface area contributed by atoms with Crippen molar-refractivity contribution in [3.8, 4) is 0 Å². The van der Waals surface area contributed by atoms with E-state index in [9.17, 15) is 0 Å². The predicted octanol–water partition coefficient (Wildman–Crippen LogP) is 3.45. The van der Waals surface area contributed by atoms with Gasteiger partial charge in [0.05, 0.1) is 11.2 Å². The molecule has 0 N–H and O–H groups in total. The van der Waals surface area contributed by atoms with Crippen LogP contribution in [0.1, 0.15) is 51.8 Å². The molecule has 0 unspecified atom stereocenters. The second-order valence-electron chi connectivity index (χ2n) is 5.76. The Morgan fingerprint density at radius 2 is 1.76 bits per heavy atom. The van der Waals surface area contributed by atoms with Crippen LogP contribution < -0.4 is 0 Å². The lowest BCUT2D eigenvalue weighted by molar-refractivity contribution is 0.572. The third kappa shape index (κ3) is 2.28. The summed E-state index contributed by atoms with van der Waals surface area (Å²) in [6.45, 7) is 10.8. The second-order valence-corrected chi connectivity index (χ2v) is 5.76. The zero-order valence-electron chi connectivity index (χ0n) is 11.2. The van der Waals surface area contributed by atoms with E-state index in [-0.39, 0.29) is 5.41 Å². The van der Waals surface area contributed by atoms with Gasteiger partial charge in [0, 0.05) is 11.6 Å². The molecule has 2 aromatic rings. The lowest BCUT2D eigenvalue weighted by Gasteiger charge is -2.18. The molecule has 0 aliphatic heterocycles. The average Bonchev–Trinajstić information content (AvgIpc) is 2.26. The fourth-order valence-electron chi connectivity index (χ4n) is 1.82. The molecule has 2 aromatic heterocycles. The van der Waals surface area contributed by atoms with Crippen LogP contribution in [0.2, 0.25) is 0 Å².